The number of anilines is 1. The highest BCUT2D eigenvalue weighted by Gasteiger charge is 2.01. The summed E-state index contributed by atoms with van der Waals surface area (Å²) in [5.41, 5.74) is 2.53. The van der Waals surface area contributed by atoms with Crippen LogP contribution in [0.3, 0.4) is 0 Å². The molecule has 90 valence electrons. The lowest BCUT2D eigenvalue weighted by molar-refractivity contribution is 1.15. The van der Waals surface area contributed by atoms with Crippen LogP contribution >= 0.6 is 27.5 Å². The number of nitriles is 1. The molecule has 0 aliphatic rings. The molecule has 0 aliphatic carbocycles. The fourth-order valence-corrected chi connectivity index (χ4v) is 2.29. The van der Waals surface area contributed by atoms with Gasteiger partial charge in [-0.3, -0.25) is 0 Å². The highest BCUT2D eigenvalue weighted by Crippen LogP contribution is 2.21. The molecule has 2 nitrogen and oxygen atoms in total. The zero-order chi connectivity index (χ0) is 13.0. The van der Waals surface area contributed by atoms with Gasteiger partial charge in [-0.05, 0) is 29.8 Å². The van der Waals surface area contributed by atoms with Crippen molar-refractivity contribution >= 4 is 33.2 Å². The van der Waals surface area contributed by atoms with Crippen molar-refractivity contribution < 1.29 is 0 Å². The Labute approximate surface area is 119 Å². The SMILES string of the molecule is N#Cc1cc(Br)cc(NCc2ccccc2Cl)c1. The Kier molecular flexibility index (Phi) is 4.24. The lowest BCUT2D eigenvalue weighted by Crippen LogP contribution is -2.00. The molecular formula is C14H10BrClN2. The van der Waals surface area contributed by atoms with Gasteiger partial charge in [0.15, 0.2) is 0 Å². The molecular weight excluding hydrogens is 312 g/mol. The van der Waals surface area contributed by atoms with Crippen molar-refractivity contribution in [3.63, 3.8) is 0 Å². The van der Waals surface area contributed by atoms with Crippen molar-refractivity contribution in [2.75, 3.05) is 5.32 Å². The predicted octanol–water partition coefficient (Wildman–Crippen LogP) is 4.59. The van der Waals surface area contributed by atoms with Gasteiger partial charge in [0, 0.05) is 21.7 Å². The largest absolute Gasteiger partial charge is 0.381 e. The smallest absolute Gasteiger partial charge is 0.0992 e. The molecule has 0 heterocycles. The first-order valence-corrected chi connectivity index (χ1v) is 6.54. The molecule has 0 amide bonds. The first-order valence-electron chi connectivity index (χ1n) is 5.37. The first kappa shape index (κ1) is 12.9. The third-order valence-electron chi connectivity index (χ3n) is 2.47. The fourth-order valence-electron chi connectivity index (χ4n) is 1.60. The van der Waals surface area contributed by atoms with Crippen LogP contribution in [0.15, 0.2) is 46.9 Å². The number of nitrogens with zero attached hydrogens (tertiary/aromatic N) is 1. The van der Waals surface area contributed by atoms with Crippen LogP contribution < -0.4 is 5.32 Å². The Bertz CT molecular complexity index is 605. The van der Waals surface area contributed by atoms with Gasteiger partial charge in [-0.15, -0.1) is 0 Å². The van der Waals surface area contributed by atoms with E-state index in [0.717, 1.165) is 20.7 Å². The van der Waals surface area contributed by atoms with Gasteiger partial charge in [-0.1, -0.05) is 45.7 Å². The first-order chi connectivity index (χ1) is 8.69. The molecule has 2 aromatic carbocycles. The highest BCUT2D eigenvalue weighted by molar-refractivity contribution is 9.10. The van der Waals surface area contributed by atoms with Crippen LogP contribution in [0.5, 0.6) is 0 Å². The number of halogens is 2. The zero-order valence-corrected chi connectivity index (χ0v) is 11.8. The molecule has 0 bridgehead atoms. The van der Waals surface area contributed by atoms with Gasteiger partial charge in [0.25, 0.3) is 0 Å². The lowest BCUT2D eigenvalue weighted by atomic mass is 10.2. The summed E-state index contributed by atoms with van der Waals surface area (Å²) in [5.74, 6) is 0. The van der Waals surface area contributed by atoms with Crippen molar-refractivity contribution in [3.8, 4) is 6.07 Å². The Hall–Kier alpha value is -1.50. The van der Waals surface area contributed by atoms with E-state index in [1.807, 2.05) is 36.4 Å². The Morgan fingerprint density at radius 2 is 2.00 bits per heavy atom. The number of benzene rings is 2. The van der Waals surface area contributed by atoms with E-state index in [1.165, 1.54) is 0 Å². The van der Waals surface area contributed by atoms with Gasteiger partial charge < -0.3 is 5.32 Å². The van der Waals surface area contributed by atoms with Crippen LogP contribution in [-0.2, 0) is 6.54 Å². The molecule has 2 rings (SSSR count). The van der Waals surface area contributed by atoms with Crippen molar-refractivity contribution in [3.05, 3.63) is 63.1 Å². The fraction of sp³-hybridized carbons (Fsp3) is 0.0714. The van der Waals surface area contributed by atoms with Crippen molar-refractivity contribution in [2.24, 2.45) is 0 Å². The second kappa shape index (κ2) is 5.90. The van der Waals surface area contributed by atoms with Crippen LogP contribution in [0.2, 0.25) is 5.02 Å². The van der Waals surface area contributed by atoms with Crippen molar-refractivity contribution in [2.45, 2.75) is 6.54 Å². The van der Waals surface area contributed by atoms with Crippen LogP contribution in [0.25, 0.3) is 0 Å². The summed E-state index contributed by atoms with van der Waals surface area (Å²) < 4.78 is 0.878. The Morgan fingerprint density at radius 1 is 1.22 bits per heavy atom. The predicted molar refractivity (Wildman–Crippen MR) is 77.6 cm³/mol. The van der Waals surface area contributed by atoms with Crippen molar-refractivity contribution in [1.29, 1.82) is 5.26 Å². The zero-order valence-electron chi connectivity index (χ0n) is 9.45. The van der Waals surface area contributed by atoms with E-state index in [0.29, 0.717) is 12.1 Å². The number of hydrogen-bond acceptors (Lipinski definition) is 2. The molecule has 4 heteroatoms. The minimum Gasteiger partial charge on any atom is -0.381 e. The summed E-state index contributed by atoms with van der Waals surface area (Å²) in [7, 11) is 0. The van der Waals surface area contributed by atoms with Crippen LogP contribution in [0.1, 0.15) is 11.1 Å². The minimum atomic E-state index is 0.617. The second-order valence-electron chi connectivity index (χ2n) is 3.79. The third kappa shape index (κ3) is 3.25. The molecule has 2 aromatic rings. The van der Waals surface area contributed by atoms with Crippen LogP contribution in [0, 0.1) is 11.3 Å². The van der Waals surface area contributed by atoms with Crippen molar-refractivity contribution in [1.82, 2.24) is 0 Å². The van der Waals surface area contributed by atoms with E-state index < -0.39 is 0 Å². The van der Waals surface area contributed by atoms with E-state index in [4.69, 9.17) is 16.9 Å². The summed E-state index contributed by atoms with van der Waals surface area (Å²) in [4.78, 5) is 0. The molecule has 0 unspecified atom stereocenters. The second-order valence-corrected chi connectivity index (χ2v) is 5.11. The van der Waals surface area contributed by atoms with E-state index in [9.17, 15) is 0 Å². The summed E-state index contributed by atoms with van der Waals surface area (Å²) in [6.45, 7) is 0.626. The van der Waals surface area contributed by atoms with Gasteiger partial charge in [0.2, 0.25) is 0 Å². The molecule has 0 aliphatic heterocycles. The molecule has 0 saturated heterocycles. The summed E-state index contributed by atoms with van der Waals surface area (Å²) in [6, 6.07) is 15.3. The summed E-state index contributed by atoms with van der Waals surface area (Å²) in [6.07, 6.45) is 0. The van der Waals surface area contributed by atoms with Gasteiger partial charge in [0.05, 0.1) is 11.6 Å². The van der Waals surface area contributed by atoms with E-state index in [1.54, 1.807) is 6.07 Å². The topological polar surface area (TPSA) is 35.8 Å². The maximum absolute atomic E-state index is 8.90. The van der Waals surface area contributed by atoms with Crippen LogP contribution in [0.4, 0.5) is 5.69 Å². The Morgan fingerprint density at radius 3 is 2.72 bits per heavy atom. The normalized spacial score (nSPS) is 9.83. The monoisotopic (exact) mass is 320 g/mol. The van der Waals surface area contributed by atoms with Gasteiger partial charge in [-0.25, -0.2) is 0 Å². The molecule has 0 radical (unpaired) electrons. The van der Waals surface area contributed by atoms with Gasteiger partial charge in [-0.2, -0.15) is 5.26 Å². The molecule has 0 atom stereocenters. The van der Waals surface area contributed by atoms with Gasteiger partial charge >= 0.3 is 0 Å². The standard InChI is InChI=1S/C14H10BrClN2/c15-12-5-10(8-17)6-13(7-12)18-9-11-3-1-2-4-14(11)16/h1-7,18H,9H2. The molecule has 1 N–H and O–H groups in total. The highest BCUT2D eigenvalue weighted by atomic mass is 79.9. The minimum absolute atomic E-state index is 0.617. The maximum atomic E-state index is 8.90. The molecule has 0 spiro atoms. The third-order valence-corrected chi connectivity index (χ3v) is 3.29. The molecule has 0 aromatic heterocycles. The molecule has 0 saturated carbocycles. The van der Waals surface area contributed by atoms with E-state index in [2.05, 4.69) is 27.3 Å². The number of hydrogen-bond donors (Lipinski definition) is 1. The lowest BCUT2D eigenvalue weighted by Gasteiger charge is -2.08. The summed E-state index contributed by atoms with van der Waals surface area (Å²) in [5, 5.41) is 12.9. The van der Waals surface area contributed by atoms with Crippen LogP contribution in [-0.4, -0.2) is 0 Å². The number of rotatable bonds is 3. The Balaban J connectivity index is 2.14. The quantitative estimate of drug-likeness (QED) is 0.897. The van der Waals surface area contributed by atoms with E-state index >= 15 is 0 Å². The average Bonchev–Trinajstić information content (AvgIpc) is 2.37. The van der Waals surface area contributed by atoms with Gasteiger partial charge in [0.1, 0.15) is 0 Å². The average molecular weight is 322 g/mol. The molecule has 18 heavy (non-hydrogen) atoms. The number of nitrogens with one attached hydrogen (secondary N) is 1. The van der Waals surface area contributed by atoms with E-state index in [-0.39, 0.29) is 0 Å². The molecule has 0 fully saturated rings. The maximum Gasteiger partial charge on any atom is 0.0992 e. The summed E-state index contributed by atoms with van der Waals surface area (Å²) >= 11 is 9.46.